The third-order valence-electron chi connectivity index (χ3n) is 7.41. The molecule has 0 aliphatic rings. The van der Waals surface area contributed by atoms with E-state index in [-0.39, 0.29) is 5.75 Å². The predicted octanol–water partition coefficient (Wildman–Crippen LogP) is 4.70. The Morgan fingerprint density at radius 2 is 1.88 bits per heavy atom. The van der Waals surface area contributed by atoms with Gasteiger partial charge in [0.05, 0.1) is 18.9 Å². The van der Waals surface area contributed by atoms with Gasteiger partial charge in [-0.25, -0.2) is 18.1 Å². The topological polar surface area (TPSA) is 105 Å². The van der Waals surface area contributed by atoms with Crippen molar-refractivity contribution < 1.29 is 13.2 Å². The van der Waals surface area contributed by atoms with Gasteiger partial charge in [-0.3, -0.25) is 5.10 Å². The molecule has 4 rings (SSSR count). The lowest BCUT2D eigenvalue weighted by Crippen LogP contribution is -2.33. The third-order valence-corrected chi connectivity index (χ3v) is 8.88. The van der Waals surface area contributed by atoms with E-state index in [0.29, 0.717) is 37.3 Å². The van der Waals surface area contributed by atoms with Crippen LogP contribution in [0.15, 0.2) is 54.7 Å². The van der Waals surface area contributed by atoms with Crippen molar-refractivity contribution in [2.24, 2.45) is 0 Å². The minimum Gasteiger partial charge on any atom is -0.497 e. The van der Waals surface area contributed by atoms with Crippen LogP contribution in [0.3, 0.4) is 0 Å². The molecule has 0 spiro atoms. The molecule has 40 heavy (non-hydrogen) atoms. The molecule has 0 unspecified atom stereocenters. The molecule has 9 nitrogen and oxygen atoms in total. The van der Waals surface area contributed by atoms with Gasteiger partial charge in [-0.2, -0.15) is 5.10 Å². The van der Waals surface area contributed by atoms with Crippen molar-refractivity contribution in [1.82, 2.24) is 29.4 Å². The van der Waals surface area contributed by atoms with Crippen LogP contribution in [0.2, 0.25) is 0 Å². The Balaban J connectivity index is 1.53. The monoisotopic (exact) mass is 566 g/mol. The molecule has 0 saturated carbocycles. The van der Waals surface area contributed by atoms with Gasteiger partial charge in [-0.15, -0.1) is 0 Å². The molecule has 0 aliphatic heterocycles. The van der Waals surface area contributed by atoms with Crippen LogP contribution in [0.1, 0.15) is 62.4 Å². The summed E-state index contributed by atoms with van der Waals surface area (Å²) in [7, 11) is -1.85. The van der Waals surface area contributed by atoms with Gasteiger partial charge in [0.1, 0.15) is 11.6 Å². The van der Waals surface area contributed by atoms with Gasteiger partial charge in [-0.1, -0.05) is 44.2 Å². The number of benzene rings is 2. The first kappa shape index (κ1) is 29.8. The molecule has 0 fully saturated rings. The Kier molecular flexibility index (Phi) is 10.4. The fraction of sp³-hybridized carbons (Fsp3) is 0.467. The summed E-state index contributed by atoms with van der Waals surface area (Å²) in [6.45, 7) is 9.72. The minimum atomic E-state index is -3.51. The lowest BCUT2D eigenvalue weighted by molar-refractivity contribution is 0.304. The molecule has 0 bridgehead atoms. The van der Waals surface area contributed by atoms with Crippen molar-refractivity contribution >= 4 is 20.9 Å². The first-order valence-corrected chi connectivity index (χ1v) is 15.8. The summed E-state index contributed by atoms with van der Waals surface area (Å²) in [5.41, 5.74) is 3.38. The van der Waals surface area contributed by atoms with Crippen molar-refractivity contribution in [2.45, 2.75) is 59.0 Å². The van der Waals surface area contributed by atoms with Crippen LogP contribution in [0.5, 0.6) is 5.75 Å². The zero-order valence-corrected chi connectivity index (χ0v) is 24.9. The molecule has 2 aromatic heterocycles. The van der Waals surface area contributed by atoms with E-state index in [0.717, 1.165) is 54.0 Å². The number of H-pyrrole nitrogens is 1. The average molecular weight is 567 g/mol. The average Bonchev–Trinajstić information content (AvgIpc) is 3.58. The van der Waals surface area contributed by atoms with E-state index < -0.39 is 16.1 Å². The fourth-order valence-electron chi connectivity index (χ4n) is 5.10. The maximum absolute atomic E-state index is 13.1. The van der Waals surface area contributed by atoms with Crippen LogP contribution in [-0.4, -0.2) is 65.6 Å². The lowest BCUT2D eigenvalue weighted by atomic mass is 10.1. The van der Waals surface area contributed by atoms with Crippen molar-refractivity contribution in [3.05, 3.63) is 77.5 Å². The molecule has 2 aromatic carbocycles. The Hall–Kier alpha value is -3.21. The summed E-state index contributed by atoms with van der Waals surface area (Å²) in [6, 6.07) is 15.7. The first-order chi connectivity index (χ1) is 19.4. The van der Waals surface area contributed by atoms with Gasteiger partial charge in [0.15, 0.2) is 5.82 Å². The second kappa shape index (κ2) is 13.9. The molecule has 216 valence electrons. The highest BCUT2D eigenvalue weighted by Gasteiger charge is 2.23. The summed E-state index contributed by atoms with van der Waals surface area (Å²) in [6.07, 6.45) is 4.52. The summed E-state index contributed by atoms with van der Waals surface area (Å²) in [5, 5.41) is 8.63. The van der Waals surface area contributed by atoms with E-state index in [2.05, 4.69) is 69.6 Å². The van der Waals surface area contributed by atoms with Gasteiger partial charge < -0.3 is 14.2 Å². The van der Waals surface area contributed by atoms with Crippen LogP contribution in [-0.2, 0) is 29.4 Å². The van der Waals surface area contributed by atoms with Crippen molar-refractivity contribution in [3.8, 4) is 5.75 Å². The molecule has 2 heterocycles. The smallest absolute Gasteiger partial charge is 0.212 e. The van der Waals surface area contributed by atoms with E-state index in [1.54, 1.807) is 7.11 Å². The normalized spacial score (nSPS) is 12.8. The van der Waals surface area contributed by atoms with E-state index in [9.17, 15) is 8.42 Å². The molecule has 1 atom stereocenters. The van der Waals surface area contributed by atoms with Crippen LogP contribution in [0.25, 0.3) is 10.9 Å². The summed E-state index contributed by atoms with van der Waals surface area (Å²) in [4.78, 5) is 7.01. The Morgan fingerprint density at radius 1 is 1.10 bits per heavy atom. The van der Waals surface area contributed by atoms with Crippen LogP contribution < -0.4 is 9.46 Å². The molecule has 0 amide bonds. The number of nitrogens with one attached hydrogen (secondary N) is 2. The van der Waals surface area contributed by atoms with Gasteiger partial charge in [-0.05, 0) is 75.1 Å². The molecule has 10 heteroatoms. The SMILES string of the molecule is CCN(CC)CCCS(=O)(=O)N[C@H](CCc1ccccc1)c1nc(Cc2cn(CC)c3ccc(OC)cc23)n[nH]1. The van der Waals surface area contributed by atoms with Gasteiger partial charge in [0.2, 0.25) is 10.0 Å². The number of nitrogens with zero attached hydrogens (tertiary/aromatic N) is 4. The van der Waals surface area contributed by atoms with Crippen LogP contribution in [0.4, 0.5) is 0 Å². The van der Waals surface area contributed by atoms with Crippen molar-refractivity contribution in [2.75, 3.05) is 32.5 Å². The highest BCUT2D eigenvalue weighted by atomic mass is 32.2. The molecule has 0 aliphatic carbocycles. The van der Waals surface area contributed by atoms with Crippen LogP contribution >= 0.6 is 0 Å². The molecule has 0 saturated heterocycles. The van der Waals surface area contributed by atoms with Gasteiger partial charge >= 0.3 is 0 Å². The molecular formula is C30H42N6O3S. The number of hydrogen-bond donors (Lipinski definition) is 2. The Bertz CT molecular complexity index is 1460. The molecule has 2 N–H and O–H groups in total. The minimum absolute atomic E-state index is 0.0741. The largest absolute Gasteiger partial charge is 0.497 e. The van der Waals surface area contributed by atoms with Gasteiger partial charge in [0.25, 0.3) is 0 Å². The second-order valence-corrected chi connectivity index (χ2v) is 11.9. The van der Waals surface area contributed by atoms with E-state index >= 15 is 0 Å². The van der Waals surface area contributed by atoms with E-state index in [1.165, 1.54) is 0 Å². The standard InChI is InChI=1S/C30H42N6O3S/c1-5-35(6-2)18-11-19-40(37,38)34-27(16-14-23-12-9-8-10-13-23)30-31-29(32-33-30)20-24-22-36(7-3)28-17-15-25(39-4)21-26(24)28/h8-10,12-13,15,17,21-22,27,34H,5-7,11,14,16,18-20H2,1-4H3,(H,31,32,33)/t27-/m1/s1. The zero-order valence-electron chi connectivity index (χ0n) is 24.1. The zero-order chi connectivity index (χ0) is 28.5. The summed E-state index contributed by atoms with van der Waals surface area (Å²) >= 11 is 0. The highest BCUT2D eigenvalue weighted by Crippen LogP contribution is 2.28. The quantitative estimate of drug-likeness (QED) is 0.204. The number of aryl methyl sites for hydroxylation is 2. The van der Waals surface area contributed by atoms with Crippen molar-refractivity contribution in [1.29, 1.82) is 0 Å². The molecular weight excluding hydrogens is 524 g/mol. The number of rotatable bonds is 16. The number of aromatic nitrogens is 4. The van der Waals surface area contributed by atoms with Crippen molar-refractivity contribution in [3.63, 3.8) is 0 Å². The summed E-state index contributed by atoms with van der Waals surface area (Å²) < 4.78 is 36.8. The number of ether oxygens (including phenoxy) is 1. The Labute approximate surface area is 238 Å². The number of hydrogen-bond acceptors (Lipinski definition) is 6. The Morgan fingerprint density at radius 3 is 2.58 bits per heavy atom. The maximum Gasteiger partial charge on any atom is 0.212 e. The van der Waals surface area contributed by atoms with E-state index in [1.807, 2.05) is 30.3 Å². The number of fused-ring (bicyclic) bond motifs is 1. The van der Waals surface area contributed by atoms with E-state index in [4.69, 9.17) is 9.72 Å². The molecule has 0 radical (unpaired) electrons. The maximum atomic E-state index is 13.1. The first-order valence-electron chi connectivity index (χ1n) is 14.2. The predicted molar refractivity (Wildman–Crippen MR) is 160 cm³/mol. The highest BCUT2D eigenvalue weighted by molar-refractivity contribution is 7.89. The number of aromatic amines is 1. The fourth-order valence-corrected chi connectivity index (χ4v) is 6.39. The molecule has 4 aromatic rings. The summed E-state index contributed by atoms with van der Waals surface area (Å²) in [5.74, 6) is 2.04. The van der Waals surface area contributed by atoms with Crippen LogP contribution in [0, 0.1) is 0 Å². The number of methoxy groups -OCH3 is 1. The lowest BCUT2D eigenvalue weighted by Gasteiger charge is -2.19. The number of sulfonamides is 1. The second-order valence-electron chi connectivity index (χ2n) is 10.0. The van der Waals surface area contributed by atoms with Gasteiger partial charge in [0, 0.05) is 30.1 Å². The third kappa shape index (κ3) is 7.71.